The van der Waals surface area contributed by atoms with E-state index in [0.29, 0.717) is 18.8 Å². The first-order valence-electron chi connectivity index (χ1n) is 8.83. The van der Waals surface area contributed by atoms with Crippen molar-refractivity contribution < 1.29 is 4.79 Å². The second-order valence-electron chi connectivity index (χ2n) is 6.58. The molecule has 6 nitrogen and oxygen atoms in total. The van der Waals surface area contributed by atoms with Gasteiger partial charge in [0.05, 0.1) is 18.8 Å². The number of hydrogen-bond donors (Lipinski definition) is 0. The number of amides is 1. The molecule has 0 atom stereocenters. The highest BCUT2D eigenvalue weighted by Crippen LogP contribution is 2.21. The first-order chi connectivity index (χ1) is 13.1. The summed E-state index contributed by atoms with van der Waals surface area (Å²) < 4.78 is 3.88. The molecule has 4 rings (SSSR count). The number of nitrogens with zero attached hydrogens (tertiary/aromatic N) is 5. The second-order valence-corrected chi connectivity index (χ2v) is 6.58. The Hall–Kier alpha value is -3.41. The third-order valence-electron chi connectivity index (χ3n) is 4.79. The van der Waals surface area contributed by atoms with Gasteiger partial charge in [0, 0.05) is 43.6 Å². The van der Waals surface area contributed by atoms with Gasteiger partial charge >= 0.3 is 0 Å². The molecule has 0 N–H and O–H groups in total. The van der Waals surface area contributed by atoms with E-state index in [1.807, 2.05) is 78.0 Å². The van der Waals surface area contributed by atoms with Crippen LogP contribution in [0.4, 0.5) is 0 Å². The molecule has 0 bridgehead atoms. The van der Waals surface area contributed by atoms with E-state index in [4.69, 9.17) is 0 Å². The van der Waals surface area contributed by atoms with Crippen molar-refractivity contribution in [3.63, 3.8) is 0 Å². The van der Waals surface area contributed by atoms with Crippen molar-refractivity contribution in [3.05, 3.63) is 84.3 Å². The van der Waals surface area contributed by atoms with Gasteiger partial charge in [-0.2, -0.15) is 0 Å². The summed E-state index contributed by atoms with van der Waals surface area (Å²) in [5.74, 6) is 0.792. The number of fused-ring (bicyclic) bond motifs is 1. The maximum Gasteiger partial charge on any atom is 0.271 e. The predicted octanol–water partition coefficient (Wildman–Crippen LogP) is 3.15. The third-order valence-corrected chi connectivity index (χ3v) is 4.79. The third kappa shape index (κ3) is 3.33. The van der Waals surface area contributed by atoms with E-state index < -0.39 is 0 Å². The second kappa shape index (κ2) is 7.07. The molecule has 0 radical (unpaired) electrons. The van der Waals surface area contributed by atoms with Crippen molar-refractivity contribution in [2.24, 2.45) is 14.1 Å². The van der Waals surface area contributed by atoms with Gasteiger partial charge in [-0.3, -0.25) is 9.78 Å². The smallest absolute Gasteiger partial charge is 0.271 e. The van der Waals surface area contributed by atoms with Crippen LogP contribution >= 0.6 is 0 Å². The molecule has 0 unspecified atom stereocenters. The summed E-state index contributed by atoms with van der Waals surface area (Å²) in [5, 5.41) is 1.05. The van der Waals surface area contributed by atoms with Crippen molar-refractivity contribution in [2.45, 2.75) is 13.1 Å². The van der Waals surface area contributed by atoms with E-state index in [-0.39, 0.29) is 5.91 Å². The molecule has 0 aliphatic heterocycles. The van der Waals surface area contributed by atoms with Crippen LogP contribution in [0.1, 0.15) is 22.0 Å². The highest BCUT2D eigenvalue weighted by atomic mass is 16.2. The van der Waals surface area contributed by atoms with Gasteiger partial charge in [-0.05, 0) is 24.3 Å². The SMILES string of the molecule is Cn1ccnc1CN(Cc1ccccn1)C(=O)c1cc2ccccc2n1C. The molecule has 1 amide bonds. The van der Waals surface area contributed by atoms with Crippen LogP contribution in [-0.4, -0.2) is 29.9 Å². The molecule has 0 saturated heterocycles. The van der Waals surface area contributed by atoms with Crippen molar-refractivity contribution in [2.75, 3.05) is 0 Å². The summed E-state index contributed by atoms with van der Waals surface area (Å²) in [6.45, 7) is 0.842. The first-order valence-corrected chi connectivity index (χ1v) is 8.83. The molecule has 6 heteroatoms. The minimum absolute atomic E-state index is 0.0395. The Labute approximate surface area is 157 Å². The fraction of sp³-hybridized carbons (Fsp3) is 0.190. The van der Waals surface area contributed by atoms with Crippen LogP contribution in [-0.2, 0) is 27.2 Å². The highest BCUT2D eigenvalue weighted by molar-refractivity contribution is 5.98. The Kier molecular flexibility index (Phi) is 4.46. The van der Waals surface area contributed by atoms with Crippen LogP contribution in [0.25, 0.3) is 10.9 Å². The van der Waals surface area contributed by atoms with E-state index in [9.17, 15) is 4.79 Å². The summed E-state index contributed by atoms with van der Waals surface area (Å²) in [5.41, 5.74) is 2.54. The number of rotatable bonds is 5. The van der Waals surface area contributed by atoms with Gasteiger partial charge < -0.3 is 14.0 Å². The lowest BCUT2D eigenvalue weighted by Crippen LogP contribution is -2.32. The summed E-state index contributed by atoms with van der Waals surface area (Å²) in [6, 6.07) is 15.7. The fourth-order valence-electron chi connectivity index (χ4n) is 3.26. The molecule has 0 aliphatic rings. The van der Waals surface area contributed by atoms with Crippen LogP contribution in [0, 0.1) is 0 Å². The number of carbonyl (C=O) groups excluding carboxylic acids is 1. The van der Waals surface area contributed by atoms with Gasteiger partial charge in [-0.25, -0.2) is 4.98 Å². The summed E-state index contributed by atoms with van der Waals surface area (Å²) in [4.78, 5) is 24.0. The van der Waals surface area contributed by atoms with Crippen LogP contribution in [0.15, 0.2) is 67.1 Å². The number of aromatic nitrogens is 4. The van der Waals surface area contributed by atoms with Gasteiger partial charge in [0.2, 0.25) is 0 Å². The lowest BCUT2D eigenvalue weighted by Gasteiger charge is -2.22. The number of pyridine rings is 1. The van der Waals surface area contributed by atoms with Crippen LogP contribution < -0.4 is 0 Å². The molecule has 1 aromatic carbocycles. The zero-order chi connectivity index (χ0) is 18.8. The van der Waals surface area contributed by atoms with E-state index in [1.165, 1.54) is 0 Å². The minimum atomic E-state index is -0.0395. The van der Waals surface area contributed by atoms with Gasteiger partial charge in [-0.15, -0.1) is 0 Å². The Bertz CT molecular complexity index is 1080. The van der Waals surface area contributed by atoms with Crippen molar-refractivity contribution in [3.8, 4) is 0 Å². The Morgan fingerprint density at radius 1 is 1.00 bits per heavy atom. The van der Waals surface area contributed by atoms with Crippen molar-refractivity contribution in [1.29, 1.82) is 0 Å². The average molecular weight is 359 g/mol. The Morgan fingerprint density at radius 2 is 1.81 bits per heavy atom. The van der Waals surface area contributed by atoms with E-state index >= 15 is 0 Å². The highest BCUT2D eigenvalue weighted by Gasteiger charge is 2.22. The van der Waals surface area contributed by atoms with Crippen LogP contribution in [0.3, 0.4) is 0 Å². The summed E-state index contributed by atoms with van der Waals surface area (Å²) in [7, 11) is 3.86. The van der Waals surface area contributed by atoms with Crippen LogP contribution in [0.5, 0.6) is 0 Å². The molecule has 0 spiro atoms. The maximum atomic E-state index is 13.4. The minimum Gasteiger partial charge on any atom is -0.340 e. The van der Waals surface area contributed by atoms with Crippen LogP contribution in [0.2, 0.25) is 0 Å². The zero-order valence-corrected chi connectivity index (χ0v) is 15.4. The standard InChI is InChI=1S/C21H21N5O/c1-24-12-11-23-20(24)15-26(14-17-8-5-6-10-22-17)21(27)19-13-16-7-3-4-9-18(16)25(19)2/h3-13H,14-15H2,1-2H3. The van der Waals surface area contributed by atoms with Crippen molar-refractivity contribution in [1.82, 2.24) is 24.0 Å². The Morgan fingerprint density at radius 3 is 2.52 bits per heavy atom. The molecular formula is C21H21N5O. The van der Waals surface area contributed by atoms with Gasteiger partial charge in [0.15, 0.2) is 0 Å². The largest absolute Gasteiger partial charge is 0.340 e. The summed E-state index contributed by atoms with van der Waals surface area (Å²) >= 11 is 0. The molecule has 3 aromatic heterocycles. The van der Waals surface area contributed by atoms with Gasteiger partial charge in [0.25, 0.3) is 5.91 Å². The molecule has 0 aliphatic carbocycles. The molecule has 0 fully saturated rings. The van der Waals surface area contributed by atoms with Crippen molar-refractivity contribution >= 4 is 16.8 Å². The molecule has 3 heterocycles. The number of benzene rings is 1. The number of aryl methyl sites for hydroxylation is 2. The number of hydrogen-bond acceptors (Lipinski definition) is 3. The molecule has 0 saturated carbocycles. The van der Waals surface area contributed by atoms with E-state index in [2.05, 4.69) is 9.97 Å². The van der Waals surface area contributed by atoms with Gasteiger partial charge in [0.1, 0.15) is 11.5 Å². The average Bonchev–Trinajstić information content (AvgIpc) is 3.25. The number of imidazole rings is 1. The molecular weight excluding hydrogens is 338 g/mol. The topological polar surface area (TPSA) is 56.0 Å². The normalized spacial score (nSPS) is 11.0. The lowest BCUT2D eigenvalue weighted by molar-refractivity contribution is 0.0712. The van der Waals surface area contributed by atoms with E-state index in [0.717, 1.165) is 22.4 Å². The monoisotopic (exact) mass is 359 g/mol. The van der Waals surface area contributed by atoms with E-state index in [1.54, 1.807) is 17.3 Å². The Balaban J connectivity index is 1.70. The van der Waals surface area contributed by atoms with Gasteiger partial charge in [-0.1, -0.05) is 24.3 Å². The molecule has 4 aromatic rings. The lowest BCUT2D eigenvalue weighted by atomic mass is 10.2. The number of carbonyl (C=O) groups is 1. The maximum absolute atomic E-state index is 13.4. The number of para-hydroxylation sites is 1. The quantitative estimate of drug-likeness (QED) is 0.550. The predicted molar refractivity (Wildman–Crippen MR) is 104 cm³/mol. The molecule has 136 valence electrons. The summed E-state index contributed by atoms with van der Waals surface area (Å²) in [6.07, 6.45) is 5.38. The zero-order valence-electron chi connectivity index (χ0n) is 15.4. The molecule has 27 heavy (non-hydrogen) atoms. The first kappa shape index (κ1) is 17.0. The fourth-order valence-corrected chi connectivity index (χ4v) is 3.26.